The molecule has 0 saturated heterocycles. The van der Waals surface area contributed by atoms with Crippen LogP contribution in [-0.4, -0.2) is 35.2 Å². The van der Waals surface area contributed by atoms with Gasteiger partial charge in [0, 0.05) is 6.54 Å². The summed E-state index contributed by atoms with van der Waals surface area (Å²) in [7, 11) is 0. The lowest BCUT2D eigenvalue weighted by molar-refractivity contribution is -0.143. The second-order valence-electron chi connectivity index (χ2n) is 4.50. The van der Waals surface area contributed by atoms with Gasteiger partial charge in [0.2, 0.25) is 0 Å². The van der Waals surface area contributed by atoms with Crippen LogP contribution in [0.4, 0.5) is 4.79 Å². The molecule has 102 valence electrons. The summed E-state index contributed by atoms with van der Waals surface area (Å²) in [6, 6.07) is 6.38. The SMILES string of the molecule is CCCOC(=O)N1CCc2ccccc2[C@H]1C(=O)O. The fourth-order valence-corrected chi connectivity index (χ4v) is 2.30. The van der Waals surface area contributed by atoms with Crippen LogP contribution in [0.25, 0.3) is 0 Å². The van der Waals surface area contributed by atoms with Gasteiger partial charge in [0.05, 0.1) is 6.61 Å². The molecule has 0 aliphatic carbocycles. The lowest BCUT2D eigenvalue weighted by atomic mass is 9.93. The van der Waals surface area contributed by atoms with E-state index in [2.05, 4.69) is 0 Å². The normalized spacial score (nSPS) is 17.7. The minimum absolute atomic E-state index is 0.309. The van der Waals surface area contributed by atoms with Gasteiger partial charge in [0.25, 0.3) is 0 Å². The first kappa shape index (κ1) is 13.4. The number of aliphatic carboxylic acids is 1. The highest BCUT2D eigenvalue weighted by Gasteiger charge is 2.36. The van der Waals surface area contributed by atoms with Crippen molar-refractivity contribution in [3.8, 4) is 0 Å². The summed E-state index contributed by atoms with van der Waals surface area (Å²) in [6.07, 6.45) is 0.818. The minimum Gasteiger partial charge on any atom is -0.479 e. The van der Waals surface area contributed by atoms with E-state index in [1.807, 2.05) is 19.1 Å². The van der Waals surface area contributed by atoms with E-state index in [9.17, 15) is 14.7 Å². The van der Waals surface area contributed by atoms with Gasteiger partial charge in [-0.2, -0.15) is 0 Å². The number of benzene rings is 1. The maximum absolute atomic E-state index is 11.9. The van der Waals surface area contributed by atoms with Crippen molar-refractivity contribution in [3.05, 3.63) is 35.4 Å². The third-order valence-electron chi connectivity index (χ3n) is 3.18. The Kier molecular flexibility index (Phi) is 4.04. The number of carbonyl (C=O) groups is 2. The number of rotatable bonds is 3. The Hall–Kier alpha value is -2.04. The molecular weight excluding hydrogens is 246 g/mol. The van der Waals surface area contributed by atoms with Crippen LogP contribution in [-0.2, 0) is 16.0 Å². The van der Waals surface area contributed by atoms with Crippen molar-refractivity contribution < 1.29 is 19.4 Å². The Balaban J connectivity index is 2.27. The molecule has 1 amide bonds. The monoisotopic (exact) mass is 263 g/mol. The average Bonchev–Trinajstić information content (AvgIpc) is 2.43. The maximum atomic E-state index is 11.9. The molecular formula is C14H17NO4. The molecule has 0 radical (unpaired) electrons. The lowest BCUT2D eigenvalue weighted by Crippen LogP contribution is -2.43. The van der Waals surface area contributed by atoms with Gasteiger partial charge in [-0.3, -0.25) is 4.90 Å². The molecule has 0 bridgehead atoms. The highest BCUT2D eigenvalue weighted by Crippen LogP contribution is 2.30. The summed E-state index contributed by atoms with van der Waals surface area (Å²) in [5, 5.41) is 9.38. The first-order valence-electron chi connectivity index (χ1n) is 6.39. The molecule has 5 nitrogen and oxygen atoms in total. The van der Waals surface area contributed by atoms with Crippen LogP contribution in [0.1, 0.15) is 30.5 Å². The van der Waals surface area contributed by atoms with Crippen molar-refractivity contribution in [2.24, 2.45) is 0 Å². The fourth-order valence-electron chi connectivity index (χ4n) is 2.30. The van der Waals surface area contributed by atoms with Gasteiger partial charge < -0.3 is 9.84 Å². The van der Waals surface area contributed by atoms with Crippen molar-refractivity contribution in [3.63, 3.8) is 0 Å². The Bertz CT molecular complexity index is 486. The highest BCUT2D eigenvalue weighted by molar-refractivity contribution is 5.82. The molecule has 1 heterocycles. The fraction of sp³-hybridized carbons (Fsp3) is 0.429. The third-order valence-corrected chi connectivity index (χ3v) is 3.18. The van der Waals surface area contributed by atoms with E-state index in [4.69, 9.17) is 4.74 Å². The first-order valence-corrected chi connectivity index (χ1v) is 6.39. The number of ether oxygens (including phenoxy) is 1. The molecule has 1 aromatic rings. The number of carboxylic acid groups (broad SMARTS) is 1. The standard InChI is InChI=1S/C14H17NO4/c1-2-9-19-14(18)15-8-7-10-5-3-4-6-11(10)12(15)13(16)17/h3-6,12H,2,7-9H2,1H3,(H,16,17)/t12-/m0/s1. The predicted molar refractivity (Wildman–Crippen MR) is 68.9 cm³/mol. The van der Waals surface area contributed by atoms with Gasteiger partial charge >= 0.3 is 12.1 Å². The van der Waals surface area contributed by atoms with E-state index in [0.29, 0.717) is 31.6 Å². The van der Waals surface area contributed by atoms with E-state index >= 15 is 0 Å². The van der Waals surface area contributed by atoms with Gasteiger partial charge in [-0.1, -0.05) is 31.2 Å². The molecule has 1 atom stereocenters. The van der Waals surface area contributed by atoms with Crippen LogP contribution in [0.3, 0.4) is 0 Å². The van der Waals surface area contributed by atoms with Crippen LogP contribution < -0.4 is 0 Å². The number of carbonyl (C=O) groups excluding carboxylic acids is 1. The molecule has 1 aliphatic rings. The number of hydrogen-bond donors (Lipinski definition) is 1. The van der Waals surface area contributed by atoms with E-state index in [1.165, 1.54) is 4.90 Å². The van der Waals surface area contributed by atoms with Crippen LogP contribution in [0.2, 0.25) is 0 Å². The van der Waals surface area contributed by atoms with Crippen molar-refractivity contribution >= 4 is 12.1 Å². The largest absolute Gasteiger partial charge is 0.479 e. The molecule has 1 aliphatic heterocycles. The molecule has 0 fully saturated rings. The zero-order valence-electron chi connectivity index (χ0n) is 10.8. The zero-order chi connectivity index (χ0) is 13.8. The summed E-state index contributed by atoms with van der Waals surface area (Å²) in [6.45, 7) is 2.58. The second kappa shape index (κ2) is 5.73. The summed E-state index contributed by atoms with van der Waals surface area (Å²) in [4.78, 5) is 24.7. The average molecular weight is 263 g/mol. The van der Waals surface area contributed by atoms with Gasteiger partial charge in [-0.25, -0.2) is 9.59 Å². The van der Waals surface area contributed by atoms with Crippen LogP contribution in [0.5, 0.6) is 0 Å². The maximum Gasteiger partial charge on any atom is 0.410 e. The van der Waals surface area contributed by atoms with Gasteiger partial charge in [0.15, 0.2) is 6.04 Å². The van der Waals surface area contributed by atoms with Crippen LogP contribution in [0, 0.1) is 0 Å². The first-order chi connectivity index (χ1) is 9.15. The topological polar surface area (TPSA) is 66.8 Å². The Labute approximate surface area is 111 Å². The van der Waals surface area contributed by atoms with Gasteiger partial charge in [-0.05, 0) is 24.0 Å². The van der Waals surface area contributed by atoms with Crippen LogP contribution >= 0.6 is 0 Å². The van der Waals surface area contributed by atoms with E-state index in [0.717, 1.165) is 5.56 Å². The van der Waals surface area contributed by atoms with Crippen molar-refractivity contribution in [1.29, 1.82) is 0 Å². The summed E-state index contributed by atoms with van der Waals surface area (Å²) >= 11 is 0. The molecule has 2 rings (SSSR count). The number of hydrogen-bond acceptors (Lipinski definition) is 3. The highest BCUT2D eigenvalue weighted by atomic mass is 16.6. The summed E-state index contributed by atoms with van der Waals surface area (Å²) in [5.74, 6) is -1.03. The Morgan fingerprint density at radius 1 is 1.42 bits per heavy atom. The van der Waals surface area contributed by atoms with Gasteiger partial charge in [-0.15, -0.1) is 0 Å². The summed E-state index contributed by atoms with van der Waals surface area (Å²) in [5.41, 5.74) is 1.66. The Morgan fingerprint density at radius 2 is 2.16 bits per heavy atom. The van der Waals surface area contributed by atoms with Crippen molar-refractivity contribution in [1.82, 2.24) is 4.90 Å². The predicted octanol–water partition coefficient (Wildman–Crippen LogP) is 2.22. The molecule has 1 N–H and O–H groups in total. The smallest absolute Gasteiger partial charge is 0.410 e. The lowest BCUT2D eigenvalue weighted by Gasteiger charge is -2.33. The molecule has 0 saturated carbocycles. The third kappa shape index (κ3) is 2.70. The van der Waals surface area contributed by atoms with Gasteiger partial charge in [0.1, 0.15) is 0 Å². The molecule has 19 heavy (non-hydrogen) atoms. The molecule has 1 aromatic carbocycles. The zero-order valence-corrected chi connectivity index (χ0v) is 10.8. The van der Waals surface area contributed by atoms with Crippen LogP contribution in [0.15, 0.2) is 24.3 Å². The number of carboxylic acids is 1. The number of amides is 1. The Morgan fingerprint density at radius 3 is 2.84 bits per heavy atom. The minimum atomic E-state index is -1.03. The number of nitrogens with zero attached hydrogens (tertiary/aromatic N) is 1. The van der Waals surface area contributed by atoms with E-state index in [1.54, 1.807) is 12.1 Å². The van der Waals surface area contributed by atoms with E-state index in [-0.39, 0.29) is 0 Å². The second-order valence-corrected chi connectivity index (χ2v) is 4.50. The molecule has 5 heteroatoms. The van der Waals surface area contributed by atoms with E-state index < -0.39 is 18.1 Å². The summed E-state index contributed by atoms with van der Waals surface area (Å²) < 4.78 is 5.05. The molecule has 0 aromatic heterocycles. The van der Waals surface area contributed by atoms with Crippen molar-refractivity contribution in [2.45, 2.75) is 25.8 Å². The molecule has 0 unspecified atom stereocenters. The number of fused-ring (bicyclic) bond motifs is 1. The quantitative estimate of drug-likeness (QED) is 0.908. The molecule has 0 spiro atoms. The van der Waals surface area contributed by atoms with Crippen molar-refractivity contribution in [2.75, 3.05) is 13.2 Å².